The molecule has 0 unspecified atom stereocenters. The molecule has 1 heterocycles. The highest BCUT2D eigenvalue weighted by molar-refractivity contribution is 5.90. The fourth-order valence-electron chi connectivity index (χ4n) is 3.92. The van der Waals surface area contributed by atoms with E-state index >= 15 is 0 Å². The van der Waals surface area contributed by atoms with Gasteiger partial charge < -0.3 is 4.57 Å². The molecule has 4 aromatic rings. The van der Waals surface area contributed by atoms with Crippen molar-refractivity contribution in [2.75, 3.05) is 0 Å². The van der Waals surface area contributed by atoms with Gasteiger partial charge in [0.1, 0.15) is 0 Å². The van der Waals surface area contributed by atoms with Crippen LogP contribution in [-0.4, -0.2) is 16.7 Å². The summed E-state index contributed by atoms with van der Waals surface area (Å²) in [6, 6.07) is 24.6. The Morgan fingerprint density at radius 3 is 2.57 bits per heavy atom. The Kier molecular flexibility index (Phi) is 5.48. The molecule has 3 aromatic carbocycles. The SMILES string of the molecule is Cc1cccc(-n2c(C)cc(/C=N\NC(=O)Cc3cccc4ccccc34)c2C)c1. The van der Waals surface area contributed by atoms with Crippen molar-refractivity contribution in [3.63, 3.8) is 0 Å². The smallest absolute Gasteiger partial charge is 0.244 e. The van der Waals surface area contributed by atoms with Gasteiger partial charge in [-0.05, 0) is 60.9 Å². The third-order valence-electron chi connectivity index (χ3n) is 5.35. The second-order valence-corrected chi connectivity index (χ2v) is 7.61. The van der Waals surface area contributed by atoms with E-state index in [-0.39, 0.29) is 5.91 Å². The summed E-state index contributed by atoms with van der Waals surface area (Å²) in [4.78, 5) is 12.4. The fourth-order valence-corrected chi connectivity index (χ4v) is 3.92. The van der Waals surface area contributed by atoms with Crippen molar-refractivity contribution in [3.05, 3.63) is 101 Å². The van der Waals surface area contributed by atoms with Crippen molar-refractivity contribution in [3.8, 4) is 5.69 Å². The summed E-state index contributed by atoms with van der Waals surface area (Å²) in [5, 5.41) is 6.44. The summed E-state index contributed by atoms with van der Waals surface area (Å²) >= 11 is 0. The first-order valence-corrected chi connectivity index (χ1v) is 10.1. The third kappa shape index (κ3) is 4.03. The minimum Gasteiger partial charge on any atom is -0.318 e. The van der Waals surface area contributed by atoms with Crippen LogP contribution in [0.25, 0.3) is 16.5 Å². The molecular weight excluding hydrogens is 370 g/mol. The average molecular weight is 396 g/mol. The minimum absolute atomic E-state index is 0.130. The topological polar surface area (TPSA) is 46.4 Å². The van der Waals surface area contributed by atoms with Crippen molar-refractivity contribution < 1.29 is 4.79 Å². The van der Waals surface area contributed by atoms with Gasteiger partial charge in [0.15, 0.2) is 0 Å². The number of aromatic nitrogens is 1. The predicted octanol–water partition coefficient (Wildman–Crippen LogP) is 5.25. The molecule has 4 nitrogen and oxygen atoms in total. The highest BCUT2D eigenvalue weighted by Crippen LogP contribution is 2.21. The van der Waals surface area contributed by atoms with Crippen molar-refractivity contribution in [2.45, 2.75) is 27.2 Å². The van der Waals surface area contributed by atoms with E-state index in [0.29, 0.717) is 6.42 Å². The Bertz CT molecular complexity index is 1250. The Morgan fingerprint density at radius 1 is 0.967 bits per heavy atom. The van der Waals surface area contributed by atoms with Crippen LogP contribution in [0, 0.1) is 20.8 Å². The lowest BCUT2D eigenvalue weighted by molar-refractivity contribution is -0.120. The second-order valence-electron chi connectivity index (χ2n) is 7.61. The summed E-state index contributed by atoms with van der Waals surface area (Å²) < 4.78 is 2.20. The lowest BCUT2D eigenvalue weighted by atomic mass is 10.0. The molecule has 0 bridgehead atoms. The molecule has 0 fully saturated rings. The molecular formula is C26H25N3O. The van der Waals surface area contributed by atoms with Gasteiger partial charge in [-0.1, -0.05) is 54.6 Å². The van der Waals surface area contributed by atoms with Crippen LogP contribution in [0.5, 0.6) is 0 Å². The van der Waals surface area contributed by atoms with E-state index in [2.05, 4.69) is 78.3 Å². The first kappa shape index (κ1) is 19.6. The maximum absolute atomic E-state index is 12.4. The zero-order chi connectivity index (χ0) is 21.1. The summed E-state index contributed by atoms with van der Waals surface area (Å²) in [6.07, 6.45) is 2.01. The molecule has 0 saturated heterocycles. The fraction of sp³-hybridized carbons (Fsp3) is 0.154. The molecule has 4 rings (SSSR count). The molecule has 0 spiro atoms. The van der Waals surface area contributed by atoms with Gasteiger partial charge in [0.25, 0.3) is 0 Å². The van der Waals surface area contributed by atoms with Gasteiger partial charge in [-0.25, -0.2) is 5.43 Å². The molecule has 30 heavy (non-hydrogen) atoms. The van der Waals surface area contributed by atoms with E-state index in [1.807, 2.05) is 30.3 Å². The van der Waals surface area contributed by atoms with Gasteiger partial charge in [0, 0.05) is 22.6 Å². The molecule has 0 aliphatic carbocycles. The molecule has 1 aromatic heterocycles. The summed E-state index contributed by atoms with van der Waals surface area (Å²) in [5.74, 6) is -0.130. The number of amides is 1. The van der Waals surface area contributed by atoms with Crippen LogP contribution in [0.2, 0.25) is 0 Å². The van der Waals surface area contributed by atoms with Crippen LogP contribution in [0.4, 0.5) is 0 Å². The Morgan fingerprint density at radius 2 is 1.73 bits per heavy atom. The molecule has 0 atom stereocenters. The van der Waals surface area contributed by atoms with Gasteiger partial charge in [-0.3, -0.25) is 4.79 Å². The number of hydrazone groups is 1. The quantitative estimate of drug-likeness (QED) is 0.364. The number of hydrogen-bond donors (Lipinski definition) is 1. The van der Waals surface area contributed by atoms with Crippen LogP contribution in [-0.2, 0) is 11.2 Å². The number of carbonyl (C=O) groups excluding carboxylic acids is 1. The first-order valence-electron chi connectivity index (χ1n) is 10.1. The van der Waals surface area contributed by atoms with Crippen molar-refractivity contribution in [1.29, 1.82) is 0 Å². The largest absolute Gasteiger partial charge is 0.318 e. The minimum atomic E-state index is -0.130. The molecule has 1 amide bonds. The zero-order valence-electron chi connectivity index (χ0n) is 17.5. The van der Waals surface area contributed by atoms with Crippen LogP contribution in [0.1, 0.15) is 28.1 Å². The van der Waals surface area contributed by atoms with E-state index in [4.69, 9.17) is 0 Å². The zero-order valence-corrected chi connectivity index (χ0v) is 17.5. The van der Waals surface area contributed by atoms with E-state index in [9.17, 15) is 4.79 Å². The van der Waals surface area contributed by atoms with Crippen LogP contribution in [0.15, 0.2) is 77.9 Å². The van der Waals surface area contributed by atoms with Gasteiger partial charge in [-0.15, -0.1) is 0 Å². The monoisotopic (exact) mass is 395 g/mol. The van der Waals surface area contributed by atoms with Crippen LogP contribution in [0.3, 0.4) is 0 Å². The average Bonchev–Trinajstić information content (AvgIpc) is 3.01. The van der Waals surface area contributed by atoms with Gasteiger partial charge in [0.2, 0.25) is 5.91 Å². The lowest BCUT2D eigenvalue weighted by Gasteiger charge is -2.10. The number of carbonyl (C=O) groups is 1. The van der Waals surface area contributed by atoms with Crippen LogP contribution < -0.4 is 5.43 Å². The summed E-state index contributed by atoms with van der Waals surface area (Å²) in [6.45, 7) is 6.23. The molecule has 1 N–H and O–H groups in total. The van der Waals surface area contributed by atoms with Crippen molar-refractivity contribution in [1.82, 2.24) is 9.99 Å². The molecule has 0 saturated carbocycles. The number of fused-ring (bicyclic) bond motifs is 1. The van der Waals surface area contributed by atoms with E-state index in [0.717, 1.165) is 39.0 Å². The normalized spacial score (nSPS) is 11.3. The Balaban J connectivity index is 1.48. The maximum Gasteiger partial charge on any atom is 0.244 e. The molecule has 0 radical (unpaired) electrons. The standard InChI is InChI=1S/C26H25N3O/c1-18-8-6-12-24(14-18)29-19(2)15-23(20(29)3)17-27-28-26(30)16-22-11-7-10-21-9-4-5-13-25(21)22/h4-15,17H,16H2,1-3H3,(H,28,30)/b27-17-. The van der Waals surface area contributed by atoms with Gasteiger partial charge in [-0.2, -0.15) is 5.10 Å². The van der Waals surface area contributed by atoms with Crippen molar-refractivity contribution in [2.24, 2.45) is 5.10 Å². The first-order chi connectivity index (χ1) is 14.5. The summed E-state index contributed by atoms with van der Waals surface area (Å²) in [5.41, 5.74) is 9.22. The number of benzene rings is 3. The lowest BCUT2D eigenvalue weighted by Crippen LogP contribution is -2.19. The van der Waals surface area contributed by atoms with Gasteiger partial charge in [0.05, 0.1) is 12.6 Å². The molecule has 150 valence electrons. The van der Waals surface area contributed by atoms with E-state index in [1.165, 1.54) is 5.56 Å². The Labute approximate surface area is 176 Å². The van der Waals surface area contributed by atoms with Crippen LogP contribution >= 0.6 is 0 Å². The molecule has 0 aliphatic heterocycles. The highest BCUT2D eigenvalue weighted by Gasteiger charge is 2.10. The molecule has 0 aliphatic rings. The third-order valence-corrected chi connectivity index (χ3v) is 5.35. The number of rotatable bonds is 5. The molecule has 4 heteroatoms. The van der Waals surface area contributed by atoms with E-state index < -0.39 is 0 Å². The number of nitrogens with one attached hydrogen (secondary N) is 1. The predicted molar refractivity (Wildman–Crippen MR) is 123 cm³/mol. The summed E-state index contributed by atoms with van der Waals surface area (Å²) in [7, 11) is 0. The maximum atomic E-state index is 12.4. The number of nitrogens with zero attached hydrogens (tertiary/aromatic N) is 2. The second kappa shape index (κ2) is 8.37. The highest BCUT2D eigenvalue weighted by atomic mass is 16.2. The van der Waals surface area contributed by atoms with E-state index in [1.54, 1.807) is 6.21 Å². The number of aryl methyl sites for hydroxylation is 2. The van der Waals surface area contributed by atoms with Gasteiger partial charge >= 0.3 is 0 Å². The Hall–Kier alpha value is -3.66. The number of hydrogen-bond acceptors (Lipinski definition) is 2. The van der Waals surface area contributed by atoms with Crippen molar-refractivity contribution >= 4 is 22.9 Å².